The molecule has 0 spiro atoms. The van der Waals surface area contributed by atoms with E-state index in [0.29, 0.717) is 5.92 Å². The van der Waals surface area contributed by atoms with Crippen molar-refractivity contribution in [3.05, 3.63) is 54.1 Å². The Kier molecular flexibility index (Phi) is 6.88. The lowest BCUT2D eigenvalue weighted by Crippen LogP contribution is -2.35. The summed E-state index contributed by atoms with van der Waals surface area (Å²) in [6.07, 6.45) is 13.5. The van der Waals surface area contributed by atoms with E-state index in [-0.39, 0.29) is 11.8 Å². The number of carbonyl (C=O) groups is 1. The first kappa shape index (κ1) is 23.2. The van der Waals surface area contributed by atoms with Gasteiger partial charge in [0.25, 0.3) is 0 Å². The molecule has 1 amide bonds. The normalized spacial score (nSPS) is 20.9. The molecule has 1 aliphatic heterocycles. The van der Waals surface area contributed by atoms with E-state index >= 15 is 0 Å². The number of hydrogen-bond donors (Lipinski definition) is 2. The lowest BCUT2D eigenvalue weighted by Gasteiger charge is -2.35. The zero-order valence-corrected chi connectivity index (χ0v) is 20.4. The first-order valence-corrected chi connectivity index (χ1v) is 12.5. The second-order valence-corrected chi connectivity index (χ2v) is 9.86. The number of nitrogens with one attached hydrogen (secondary N) is 2. The van der Waals surface area contributed by atoms with Crippen molar-refractivity contribution in [2.24, 2.45) is 24.0 Å². The number of aryl methyl sites for hydroxylation is 2. The van der Waals surface area contributed by atoms with E-state index in [9.17, 15) is 4.79 Å². The van der Waals surface area contributed by atoms with Gasteiger partial charge in [-0.15, -0.1) is 0 Å². The van der Waals surface area contributed by atoms with E-state index in [0.717, 1.165) is 60.1 Å². The van der Waals surface area contributed by atoms with E-state index < -0.39 is 0 Å². The molecular weight excluding hydrogens is 438 g/mol. The average Bonchev–Trinajstić information content (AvgIpc) is 3.52. The van der Waals surface area contributed by atoms with Gasteiger partial charge in [0, 0.05) is 74.0 Å². The molecule has 3 heterocycles. The largest absolute Gasteiger partial charge is 0.356 e. The van der Waals surface area contributed by atoms with Crippen molar-refractivity contribution >= 4 is 12.1 Å². The van der Waals surface area contributed by atoms with E-state index in [1.54, 1.807) is 6.92 Å². The Morgan fingerprint density at radius 1 is 1.17 bits per heavy atom. The van der Waals surface area contributed by atoms with Gasteiger partial charge in [-0.3, -0.25) is 9.48 Å². The lowest BCUT2D eigenvalue weighted by atomic mass is 9.72. The Balaban J connectivity index is 1.29. The molecule has 3 aromatic rings. The Hall–Kier alpha value is -3.55. The van der Waals surface area contributed by atoms with Crippen LogP contribution in [0.3, 0.4) is 0 Å². The lowest BCUT2D eigenvalue weighted by molar-refractivity contribution is -0.119. The Morgan fingerprint density at radius 3 is 2.77 bits per heavy atom. The van der Waals surface area contributed by atoms with Gasteiger partial charge in [-0.2, -0.15) is 10.2 Å². The summed E-state index contributed by atoms with van der Waals surface area (Å²) in [6.45, 7) is 3.19. The number of hydrogen-bond acceptors (Lipinski definition) is 6. The van der Waals surface area contributed by atoms with Gasteiger partial charge in [-0.1, -0.05) is 24.6 Å². The van der Waals surface area contributed by atoms with Gasteiger partial charge >= 0.3 is 0 Å². The molecule has 1 fully saturated rings. The highest BCUT2D eigenvalue weighted by atomic mass is 16.1. The van der Waals surface area contributed by atoms with E-state index in [1.807, 2.05) is 36.5 Å². The van der Waals surface area contributed by atoms with Crippen LogP contribution in [0.25, 0.3) is 22.5 Å². The first-order chi connectivity index (χ1) is 17.0. The number of nitrogens with zero attached hydrogens (tertiary/aromatic N) is 5. The number of amides is 1. The number of rotatable bonds is 9. The third-order valence-electron chi connectivity index (χ3n) is 7.11. The molecule has 0 radical (unpaired) electrons. The molecule has 0 saturated heterocycles. The van der Waals surface area contributed by atoms with Crippen molar-refractivity contribution in [2.45, 2.75) is 44.9 Å². The highest BCUT2D eigenvalue weighted by Gasteiger charge is 2.28. The van der Waals surface area contributed by atoms with Crippen LogP contribution in [0, 0.1) is 11.8 Å². The summed E-state index contributed by atoms with van der Waals surface area (Å²) in [4.78, 5) is 20.9. The molecule has 8 heteroatoms. The number of benzene rings is 1. The quantitative estimate of drug-likeness (QED) is 0.496. The van der Waals surface area contributed by atoms with Crippen molar-refractivity contribution in [1.29, 1.82) is 0 Å². The first-order valence-electron chi connectivity index (χ1n) is 12.5. The van der Waals surface area contributed by atoms with Crippen LogP contribution in [0.5, 0.6) is 0 Å². The fraction of sp³-hybridized carbons (Fsp3) is 0.444. The maximum Gasteiger partial charge on any atom is 0.216 e. The van der Waals surface area contributed by atoms with Crippen LogP contribution in [-0.2, 0) is 18.3 Å². The molecule has 35 heavy (non-hydrogen) atoms. The highest BCUT2D eigenvalue weighted by Crippen LogP contribution is 2.37. The van der Waals surface area contributed by atoms with Gasteiger partial charge in [-0.25, -0.2) is 9.97 Å². The van der Waals surface area contributed by atoms with Gasteiger partial charge in [-0.05, 0) is 49.1 Å². The van der Waals surface area contributed by atoms with Gasteiger partial charge < -0.3 is 10.7 Å². The number of aromatic nitrogens is 4. The molecule has 0 bridgehead atoms. The average molecular weight is 472 g/mol. The van der Waals surface area contributed by atoms with Crippen molar-refractivity contribution in [1.82, 2.24) is 30.5 Å². The molecule has 2 aliphatic rings. The third kappa shape index (κ3) is 5.58. The predicted octanol–water partition coefficient (Wildman–Crippen LogP) is 3.70. The van der Waals surface area contributed by atoms with Crippen LogP contribution in [0.1, 0.15) is 49.8 Å². The fourth-order valence-electron chi connectivity index (χ4n) is 5.14. The van der Waals surface area contributed by atoms with Crippen LogP contribution < -0.4 is 10.7 Å². The highest BCUT2D eigenvalue weighted by molar-refractivity contribution is 5.73. The summed E-state index contributed by atoms with van der Waals surface area (Å²) in [5, 5.41) is 11.5. The van der Waals surface area contributed by atoms with Gasteiger partial charge in [0.15, 0.2) is 5.82 Å². The minimum absolute atomic E-state index is 0.0662. The van der Waals surface area contributed by atoms with E-state index in [2.05, 4.69) is 45.2 Å². The van der Waals surface area contributed by atoms with E-state index in [4.69, 9.17) is 9.97 Å². The monoisotopic (exact) mass is 471 g/mol. The standard InChI is InChI=1S/C27H33N7O/c1-18(35)28-12-20-9-19(10-20)5-3-8-26-25(23-13-30-31-14-23)16-29-27(33-26)22-7-4-6-21(11-22)24-15-32-34(2)17-24/h4,6-7,11,13,15-17,19-20,23,31H,3,5,8-10,12,14H2,1-2H3,(H,28,35). The van der Waals surface area contributed by atoms with Crippen molar-refractivity contribution in [3.8, 4) is 22.5 Å². The summed E-state index contributed by atoms with van der Waals surface area (Å²) in [6, 6.07) is 8.35. The maximum absolute atomic E-state index is 11.1. The van der Waals surface area contributed by atoms with Crippen molar-refractivity contribution < 1.29 is 4.79 Å². The van der Waals surface area contributed by atoms with Crippen molar-refractivity contribution in [3.63, 3.8) is 0 Å². The molecule has 1 saturated carbocycles. The molecule has 1 atom stereocenters. The smallest absolute Gasteiger partial charge is 0.216 e. The van der Waals surface area contributed by atoms with Crippen molar-refractivity contribution in [2.75, 3.05) is 13.1 Å². The van der Waals surface area contributed by atoms with Gasteiger partial charge in [0.05, 0.1) is 6.20 Å². The summed E-state index contributed by atoms with van der Waals surface area (Å²) in [7, 11) is 1.93. The minimum Gasteiger partial charge on any atom is -0.356 e. The summed E-state index contributed by atoms with van der Waals surface area (Å²) >= 11 is 0. The predicted molar refractivity (Wildman–Crippen MR) is 137 cm³/mol. The Labute approximate surface area is 206 Å². The fourth-order valence-corrected chi connectivity index (χ4v) is 5.14. The number of carbonyl (C=O) groups excluding carboxylic acids is 1. The molecule has 2 aromatic heterocycles. The minimum atomic E-state index is 0.0662. The maximum atomic E-state index is 11.1. The topological polar surface area (TPSA) is 97.1 Å². The van der Waals surface area contributed by atoms with Gasteiger partial charge in [0.1, 0.15) is 0 Å². The van der Waals surface area contributed by atoms with Crippen LogP contribution in [0.4, 0.5) is 0 Å². The van der Waals surface area contributed by atoms with Crippen LogP contribution in [0.2, 0.25) is 0 Å². The molecule has 8 nitrogen and oxygen atoms in total. The molecule has 1 aromatic carbocycles. The Bertz CT molecular complexity index is 1210. The second-order valence-electron chi connectivity index (χ2n) is 9.86. The molecule has 182 valence electrons. The molecule has 5 rings (SSSR count). The van der Waals surface area contributed by atoms with Gasteiger partial charge in [0.2, 0.25) is 5.91 Å². The van der Waals surface area contributed by atoms with Crippen LogP contribution >= 0.6 is 0 Å². The summed E-state index contributed by atoms with van der Waals surface area (Å²) in [5.41, 5.74) is 8.55. The summed E-state index contributed by atoms with van der Waals surface area (Å²) in [5.74, 6) is 2.43. The molecule has 2 N–H and O–H groups in total. The second kappa shape index (κ2) is 10.4. The van der Waals surface area contributed by atoms with Crippen LogP contribution in [0.15, 0.2) is 48.0 Å². The third-order valence-corrected chi connectivity index (χ3v) is 7.11. The van der Waals surface area contributed by atoms with E-state index in [1.165, 1.54) is 24.8 Å². The van der Waals surface area contributed by atoms with Crippen LogP contribution in [-0.4, -0.2) is 45.0 Å². The molecule has 1 unspecified atom stereocenters. The molecular formula is C27H33N7O. The SMILES string of the molecule is CC(=O)NCC1CC(CCCc2nc(-c3cccc(-c4cnn(C)c4)c3)ncc2C2C=NNC2)C1. The number of hydrazone groups is 1. The Morgan fingerprint density at radius 2 is 2.03 bits per heavy atom. The zero-order chi connectivity index (χ0) is 24.2. The molecule has 1 aliphatic carbocycles. The summed E-state index contributed by atoms with van der Waals surface area (Å²) < 4.78 is 1.81. The zero-order valence-electron chi connectivity index (χ0n) is 20.4.